The van der Waals surface area contributed by atoms with Crippen LogP contribution in [-0.2, 0) is 20.9 Å². The van der Waals surface area contributed by atoms with Crippen LogP contribution in [0, 0.1) is 11.8 Å². The molecule has 0 aromatic heterocycles. The predicted octanol–water partition coefficient (Wildman–Crippen LogP) is 3.63. The van der Waals surface area contributed by atoms with Crippen LogP contribution in [-0.4, -0.2) is 85.8 Å². The van der Waals surface area contributed by atoms with Crippen LogP contribution in [0.25, 0.3) is 0 Å². The number of hydrogen-bond donors (Lipinski definition) is 1. The molecule has 1 aromatic rings. The average Bonchev–Trinajstić information content (AvgIpc) is 3.19. The van der Waals surface area contributed by atoms with Gasteiger partial charge in [0.2, 0.25) is 17.7 Å². The van der Waals surface area contributed by atoms with E-state index < -0.39 is 27.4 Å². The maximum Gasteiger partial charge on any atom is 0.247 e. The fraction of sp³-hybridized carbons (Fsp3) is 0.581. The first-order valence-corrected chi connectivity index (χ1v) is 15.3. The lowest BCUT2D eigenvalue weighted by Gasteiger charge is -2.37. The summed E-state index contributed by atoms with van der Waals surface area (Å²) in [5, 5.41) is 9.41. The highest BCUT2D eigenvalue weighted by Gasteiger charge is 2.73. The van der Waals surface area contributed by atoms with Gasteiger partial charge < -0.3 is 19.8 Å². The quantitative estimate of drug-likeness (QED) is 0.355. The lowest BCUT2D eigenvalue weighted by molar-refractivity contribution is -0.145. The normalized spacial score (nSPS) is 31.8. The summed E-state index contributed by atoms with van der Waals surface area (Å²) in [7, 11) is 0. The number of nitrogens with zero attached hydrogens (tertiary/aromatic N) is 3. The van der Waals surface area contributed by atoms with Crippen molar-refractivity contribution in [2.45, 2.75) is 68.0 Å². The number of likely N-dealkylation sites (tertiary alicyclic amines) is 1. The van der Waals surface area contributed by atoms with E-state index in [1.54, 1.807) is 16.7 Å². The zero-order chi connectivity index (χ0) is 27.6. The van der Waals surface area contributed by atoms with Crippen LogP contribution in [0.1, 0.15) is 51.5 Å². The Morgan fingerprint density at radius 2 is 1.59 bits per heavy atom. The first kappa shape index (κ1) is 28.0. The van der Waals surface area contributed by atoms with E-state index in [0.717, 1.165) is 24.8 Å². The molecule has 7 nitrogen and oxygen atoms in total. The van der Waals surface area contributed by atoms with Crippen molar-refractivity contribution in [3.8, 4) is 0 Å². The Morgan fingerprint density at radius 3 is 2.33 bits per heavy atom. The molecule has 0 saturated carbocycles. The van der Waals surface area contributed by atoms with Crippen LogP contribution in [0.2, 0.25) is 0 Å². The molecule has 1 unspecified atom stereocenters. The van der Waals surface area contributed by atoms with E-state index in [1.807, 2.05) is 40.1 Å². The van der Waals surface area contributed by atoms with Crippen molar-refractivity contribution in [1.82, 2.24) is 14.7 Å². The Hall–Kier alpha value is -2.58. The lowest BCUT2D eigenvalue weighted by Crippen LogP contribution is -2.53. The molecule has 2 fully saturated rings. The number of rotatable bonds is 10. The SMILES string of the molecule is CCCCCN1CC=C[C@]23S[C@]4(C)C=CCN(Cc5ccccc5)C(=O)[C@@H]4[C@H]2C(=O)N(CCCCO)C3C1=O. The van der Waals surface area contributed by atoms with Gasteiger partial charge in [0.05, 0.1) is 16.6 Å². The van der Waals surface area contributed by atoms with Crippen molar-refractivity contribution >= 4 is 29.5 Å². The van der Waals surface area contributed by atoms with Gasteiger partial charge in [0.15, 0.2) is 0 Å². The van der Waals surface area contributed by atoms with Crippen LogP contribution in [0.3, 0.4) is 0 Å². The van der Waals surface area contributed by atoms with Crippen molar-refractivity contribution in [2.75, 3.05) is 32.8 Å². The number of aliphatic hydroxyl groups excluding tert-OH is 1. The molecule has 0 bridgehead atoms. The Morgan fingerprint density at radius 1 is 0.872 bits per heavy atom. The number of carbonyl (C=O) groups is 3. The van der Waals surface area contributed by atoms with E-state index in [4.69, 9.17) is 0 Å². The lowest BCUT2D eigenvalue weighted by atomic mass is 9.74. The van der Waals surface area contributed by atoms with Gasteiger partial charge in [-0.1, -0.05) is 74.4 Å². The van der Waals surface area contributed by atoms with Crippen LogP contribution < -0.4 is 0 Å². The number of fused-ring (bicyclic) bond motifs is 2. The third-order valence-electron chi connectivity index (χ3n) is 8.78. The fourth-order valence-corrected chi connectivity index (χ4v) is 9.11. The molecule has 210 valence electrons. The largest absolute Gasteiger partial charge is 0.396 e. The van der Waals surface area contributed by atoms with E-state index in [-0.39, 0.29) is 24.3 Å². The van der Waals surface area contributed by atoms with E-state index in [9.17, 15) is 19.5 Å². The summed E-state index contributed by atoms with van der Waals surface area (Å²) < 4.78 is -1.40. The van der Waals surface area contributed by atoms with E-state index in [1.165, 1.54) is 0 Å². The molecule has 39 heavy (non-hydrogen) atoms. The molecule has 4 aliphatic rings. The van der Waals surface area contributed by atoms with Crippen molar-refractivity contribution in [1.29, 1.82) is 0 Å². The maximum atomic E-state index is 14.3. The highest BCUT2D eigenvalue weighted by atomic mass is 32.2. The van der Waals surface area contributed by atoms with Gasteiger partial charge in [-0.05, 0) is 31.7 Å². The van der Waals surface area contributed by atoms with E-state index in [2.05, 4.69) is 38.2 Å². The molecule has 4 aliphatic heterocycles. The maximum absolute atomic E-state index is 14.3. The van der Waals surface area contributed by atoms with Crippen molar-refractivity contribution in [3.05, 3.63) is 60.2 Å². The molecule has 5 rings (SSSR count). The van der Waals surface area contributed by atoms with Gasteiger partial charge in [0, 0.05) is 44.1 Å². The van der Waals surface area contributed by atoms with Gasteiger partial charge in [-0.15, -0.1) is 11.8 Å². The monoisotopic (exact) mass is 551 g/mol. The molecule has 1 spiro atoms. The number of aliphatic hydroxyl groups is 1. The predicted molar refractivity (Wildman–Crippen MR) is 154 cm³/mol. The van der Waals surface area contributed by atoms with Gasteiger partial charge in [-0.25, -0.2) is 0 Å². The summed E-state index contributed by atoms with van der Waals surface area (Å²) in [5.74, 6) is -1.31. The number of carbonyl (C=O) groups excluding carboxylic acids is 3. The molecule has 0 radical (unpaired) electrons. The number of benzene rings is 1. The van der Waals surface area contributed by atoms with Gasteiger partial charge in [0.1, 0.15) is 6.04 Å². The minimum absolute atomic E-state index is 0.0129. The van der Waals surface area contributed by atoms with E-state index >= 15 is 0 Å². The smallest absolute Gasteiger partial charge is 0.247 e. The van der Waals surface area contributed by atoms with E-state index in [0.29, 0.717) is 45.6 Å². The minimum atomic E-state index is -0.804. The summed E-state index contributed by atoms with van der Waals surface area (Å²) in [6.45, 7) is 6.85. The standard InChI is InChI=1S/C31H41N3O4S/c1-3-4-8-17-32-18-12-16-31-25(28(37)34(20-9-10-21-35)26(31)29(32)38)24-27(36)33(19-11-15-30(24,2)39-31)22-23-13-6-5-7-14-23/h5-7,11-16,24-26,35H,3-4,8-10,17-22H2,1-2H3/t24-,25-,26?,30+,31-/m0/s1. The average molecular weight is 552 g/mol. The molecular weight excluding hydrogens is 510 g/mol. The van der Waals surface area contributed by atoms with Gasteiger partial charge in [0.25, 0.3) is 0 Å². The van der Waals surface area contributed by atoms with Crippen molar-refractivity contribution in [2.24, 2.45) is 11.8 Å². The number of amides is 3. The second-order valence-electron chi connectivity index (χ2n) is 11.5. The molecule has 0 aliphatic carbocycles. The molecule has 5 atom stereocenters. The fourth-order valence-electron chi connectivity index (χ4n) is 6.95. The molecule has 3 amide bonds. The topological polar surface area (TPSA) is 81.2 Å². The third kappa shape index (κ3) is 4.95. The molecule has 4 heterocycles. The summed E-state index contributed by atoms with van der Waals surface area (Å²) in [5.41, 5.74) is 1.05. The second-order valence-corrected chi connectivity index (χ2v) is 13.3. The molecule has 1 N–H and O–H groups in total. The number of unbranched alkanes of at least 4 members (excludes halogenated alkanes) is 3. The first-order chi connectivity index (χ1) is 18.9. The summed E-state index contributed by atoms with van der Waals surface area (Å²) in [6, 6.07) is 9.30. The Kier molecular flexibility index (Phi) is 8.24. The Bertz CT molecular complexity index is 1140. The second kappa shape index (κ2) is 11.5. The van der Waals surface area contributed by atoms with Crippen LogP contribution in [0.5, 0.6) is 0 Å². The Labute approximate surface area is 236 Å². The first-order valence-electron chi connectivity index (χ1n) is 14.4. The molecule has 1 aromatic carbocycles. The van der Waals surface area contributed by atoms with Gasteiger partial charge in [-0.3, -0.25) is 14.4 Å². The number of hydrogen-bond acceptors (Lipinski definition) is 5. The summed E-state index contributed by atoms with van der Waals surface area (Å²) in [4.78, 5) is 48.4. The zero-order valence-corrected chi connectivity index (χ0v) is 23.9. The molecular formula is C31H41N3O4S. The molecule has 2 saturated heterocycles. The van der Waals surface area contributed by atoms with Crippen molar-refractivity contribution in [3.63, 3.8) is 0 Å². The van der Waals surface area contributed by atoms with Crippen LogP contribution in [0.4, 0.5) is 0 Å². The van der Waals surface area contributed by atoms with Gasteiger partial charge >= 0.3 is 0 Å². The summed E-state index contributed by atoms with van der Waals surface area (Å²) in [6.07, 6.45) is 12.6. The third-order valence-corrected chi connectivity index (χ3v) is 10.6. The minimum Gasteiger partial charge on any atom is -0.396 e. The van der Waals surface area contributed by atoms with Gasteiger partial charge in [-0.2, -0.15) is 0 Å². The number of thioether (sulfide) groups is 1. The summed E-state index contributed by atoms with van der Waals surface area (Å²) >= 11 is 1.64. The van der Waals surface area contributed by atoms with Crippen LogP contribution >= 0.6 is 11.8 Å². The van der Waals surface area contributed by atoms with Crippen molar-refractivity contribution < 1.29 is 19.5 Å². The Balaban J connectivity index is 1.52. The highest BCUT2D eigenvalue weighted by Crippen LogP contribution is 2.65. The highest BCUT2D eigenvalue weighted by molar-refractivity contribution is 8.02. The molecule has 8 heteroatoms. The van der Waals surface area contributed by atoms with Crippen LogP contribution in [0.15, 0.2) is 54.6 Å². The zero-order valence-electron chi connectivity index (χ0n) is 23.1.